The molecule has 0 unspecified atom stereocenters. The molecule has 0 saturated carbocycles. The summed E-state index contributed by atoms with van der Waals surface area (Å²) in [7, 11) is 0. The molecule has 0 bridgehead atoms. The van der Waals surface area contributed by atoms with Gasteiger partial charge in [-0.1, -0.05) is 18.2 Å². The van der Waals surface area contributed by atoms with Crippen molar-refractivity contribution >= 4 is 22.7 Å². The predicted molar refractivity (Wildman–Crippen MR) is 150 cm³/mol. The first kappa shape index (κ1) is 24.8. The molecule has 40 heavy (non-hydrogen) atoms. The van der Waals surface area contributed by atoms with E-state index in [-0.39, 0.29) is 11.3 Å². The van der Waals surface area contributed by atoms with Gasteiger partial charge in [0.1, 0.15) is 12.4 Å². The van der Waals surface area contributed by atoms with Gasteiger partial charge in [0.05, 0.1) is 23.7 Å². The normalized spacial score (nSPS) is 13.3. The summed E-state index contributed by atoms with van der Waals surface area (Å²) in [5.41, 5.74) is 4.91. The lowest BCUT2D eigenvalue weighted by atomic mass is 9.99. The van der Waals surface area contributed by atoms with Crippen LogP contribution in [0.25, 0.3) is 38.5 Å². The number of aromatic hydroxyl groups is 1. The minimum Gasteiger partial charge on any atom is -0.507 e. The van der Waals surface area contributed by atoms with Gasteiger partial charge < -0.3 is 15.2 Å². The Bertz CT molecular complexity index is 1860. The zero-order chi connectivity index (χ0) is 27.9. The van der Waals surface area contributed by atoms with Gasteiger partial charge >= 0.3 is 0 Å². The van der Waals surface area contributed by atoms with Crippen molar-refractivity contribution in [1.29, 1.82) is 5.26 Å². The number of phenols is 1. The van der Waals surface area contributed by atoms with Gasteiger partial charge in [-0.05, 0) is 61.7 Å². The minimum atomic E-state index is -0.338. The van der Waals surface area contributed by atoms with Gasteiger partial charge in [-0.2, -0.15) is 10.2 Å². The molecule has 3 aromatic heterocycles. The van der Waals surface area contributed by atoms with Gasteiger partial charge in [0.15, 0.2) is 22.8 Å². The molecule has 0 atom stereocenters. The monoisotopic (exact) mass is 528 g/mol. The van der Waals surface area contributed by atoms with Crippen LogP contribution < -0.4 is 10.1 Å². The van der Waals surface area contributed by atoms with Crippen molar-refractivity contribution in [3.05, 3.63) is 83.5 Å². The van der Waals surface area contributed by atoms with Crippen molar-refractivity contribution in [2.75, 3.05) is 18.5 Å². The number of benzene rings is 2. The molecule has 0 spiro atoms. The summed E-state index contributed by atoms with van der Waals surface area (Å²) in [6.45, 7) is 12.5. The quantitative estimate of drug-likeness (QED) is 0.278. The number of pyridine rings is 1. The summed E-state index contributed by atoms with van der Waals surface area (Å²) in [5.74, 6) is 1.14. The second-order valence-electron chi connectivity index (χ2n) is 10.2. The second-order valence-corrected chi connectivity index (χ2v) is 10.2. The van der Waals surface area contributed by atoms with Gasteiger partial charge in [-0.25, -0.2) is 14.8 Å². The SMILES string of the molecule is [C-]#[N+]c1cncc(-c2nc(NCCc3ccc(O)c(-c4cccc(C#N)c4)c3)c3nc4n(c3n2)C(C)(C)CO4)c1. The van der Waals surface area contributed by atoms with Gasteiger partial charge in [0.2, 0.25) is 5.69 Å². The van der Waals surface area contributed by atoms with Crippen LogP contribution in [0.2, 0.25) is 0 Å². The average molecular weight is 529 g/mol. The lowest BCUT2D eigenvalue weighted by Crippen LogP contribution is -2.25. The Morgan fingerprint density at radius 3 is 2.83 bits per heavy atom. The number of hydrogen-bond acceptors (Lipinski definition) is 8. The van der Waals surface area contributed by atoms with Gasteiger partial charge in [-0.15, -0.1) is 0 Å². The number of aromatic nitrogens is 5. The third kappa shape index (κ3) is 4.42. The second kappa shape index (κ2) is 9.68. The molecule has 0 aliphatic carbocycles. The predicted octanol–water partition coefficient (Wildman–Crippen LogP) is 5.47. The topological polar surface area (TPSA) is 126 Å². The third-order valence-electron chi connectivity index (χ3n) is 6.82. The van der Waals surface area contributed by atoms with E-state index in [0.29, 0.717) is 70.8 Å². The molecule has 2 N–H and O–H groups in total. The number of hydrogen-bond donors (Lipinski definition) is 2. The molecule has 0 amide bonds. The number of ether oxygens (including phenoxy) is 1. The van der Waals surface area contributed by atoms with Crippen molar-refractivity contribution in [2.45, 2.75) is 25.8 Å². The first-order chi connectivity index (χ1) is 19.4. The number of nitrogens with zero attached hydrogens (tertiary/aromatic N) is 7. The van der Waals surface area contributed by atoms with Gasteiger partial charge in [-0.3, -0.25) is 9.55 Å². The Morgan fingerprint density at radius 1 is 1.12 bits per heavy atom. The van der Waals surface area contributed by atoms with E-state index in [1.54, 1.807) is 36.5 Å². The highest BCUT2D eigenvalue weighted by molar-refractivity contribution is 5.87. The maximum atomic E-state index is 10.5. The van der Waals surface area contributed by atoms with E-state index in [0.717, 1.165) is 11.1 Å². The van der Waals surface area contributed by atoms with E-state index in [9.17, 15) is 10.4 Å². The highest BCUT2D eigenvalue weighted by atomic mass is 16.5. The highest BCUT2D eigenvalue weighted by Crippen LogP contribution is 2.37. The van der Waals surface area contributed by atoms with Crippen molar-refractivity contribution in [2.24, 2.45) is 0 Å². The van der Waals surface area contributed by atoms with Crippen LogP contribution in [0.3, 0.4) is 0 Å². The average Bonchev–Trinajstić information content (AvgIpc) is 3.50. The van der Waals surface area contributed by atoms with Crippen LogP contribution in [0.4, 0.5) is 11.5 Å². The van der Waals surface area contributed by atoms with Crippen molar-refractivity contribution in [3.8, 4) is 40.3 Å². The van der Waals surface area contributed by atoms with Crippen LogP contribution in [0.1, 0.15) is 25.0 Å². The Morgan fingerprint density at radius 2 is 2.00 bits per heavy atom. The van der Waals surface area contributed by atoms with E-state index in [4.69, 9.17) is 26.3 Å². The maximum Gasteiger partial charge on any atom is 0.299 e. The van der Waals surface area contributed by atoms with Crippen LogP contribution >= 0.6 is 0 Å². The van der Waals surface area contributed by atoms with E-state index >= 15 is 0 Å². The molecule has 2 aromatic carbocycles. The molecule has 0 radical (unpaired) electrons. The lowest BCUT2D eigenvalue weighted by Gasteiger charge is -2.18. The number of nitriles is 1. The molecule has 5 aromatic rings. The summed E-state index contributed by atoms with van der Waals surface area (Å²) in [5, 5.41) is 23.2. The van der Waals surface area contributed by atoms with Crippen molar-refractivity contribution in [1.82, 2.24) is 24.5 Å². The molecule has 10 heteroatoms. The van der Waals surface area contributed by atoms with Gasteiger partial charge in [0.25, 0.3) is 6.01 Å². The molecule has 0 fully saturated rings. The van der Waals surface area contributed by atoms with Crippen LogP contribution in [-0.4, -0.2) is 42.8 Å². The molecule has 4 heterocycles. The van der Waals surface area contributed by atoms with Crippen LogP contribution in [0.5, 0.6) is 11.8 Å². The fourth-order valence-electron chi connectivity index (χ4n) is 4.80. The largest absolute Gasteiger partial charge is 0.507 e. The fraction of sp³-hybridized carbons (Fsp3) is 0.200. The molecular formula is C30H24N8O2. The fourth-order valence-corrected chi connectivity index (χ4v) is 4.80. The maximum absolute atomic E-state index is 10.5. The summed E-state index contributed by atoms with van der Waals surface area (Å²) < 4.78 is 7.83. The first-order valence-electron chi connectivity index (χ1n) is 12.7. The Kier molecular flexibility index (Phi) is 6.01. The van der Waals surface area contributed by atoms with E-state index in [1.165, 1.54) is 6.20 Å². The van der Waals surface area contributed by atoms with Crippen molar-refractivity contribution < 1.29 is 9.84 Å². The standard InChI is InChI=1S/C30H24N8O2/c1-30(2)17-40-29-35-25-27(36-26(37-28(25)38(29)30)21-13-22(32-3)16-33-15-21)34-10-9-18-7-8-24(39)23(12-18)20-6-4-5-19(11-20)14-31/h4-8,11-13,15-16,39H,9-10,17H2,1-2H3,(H,34,36,37). The molecule has 196 valence electrons. The molecule has 0 saturated heterocycles. The van der Waals surface area contributed by atoms with E-state index in [1.807, 2.05) is 22.8 Å². The third-order valence-corrected chi connectivity index (χ3v) is 6.82. The number of fused-ring (bicyclic) bond motifs is 3. The highest BCUT2D eigenvalue weighted by Gasteiger charge is 2.36. The zero-order valence-electron chi connectivity index (χ0n) is 21.9. The number of nitrogens with one attached hydrogen (secondary N) is 1. The van der Waals surface area contributed by atoms with Crippen LogP contribution in [0, 0.1) is 17.9 Å². The van der Waals surface area contributed by atoms with Gasteiger partial charge in [0, 0.05) is 30.1 Å². The molecule has 6 rings (SSSR count). The Labute approximate surface area is 230 Å². The Hall–Kier alpha value is -5.48. The number of rotatable bonds is 6. The van der Waals surface area contributed by atoms with E-state index in [2.05, 4.69) is 35.1 Å². The first-order valence-corrected chi connectivity index (χ1v) is 12.7. The van der Waals surface area contributed by atoms with Crippen LogP contribution in [-0.2, 0) is 12.0 Å². The van der Waals surface area contributed by atoms with Crippen LogP contribution in [0.15, 0.2) is 60.9 Å². The van der Waals surface area contributed by atoms with Crippen molar-refractivity contribution in [3.63, 3.8) is 0 Å². The summed E-state index contributed by atoms with van der Waals surface area (Å²) in [6.07, 6.45) is 3.78. The number of imidazole rings is 1. The smallest absolute Gasteiger partial charge is 0.299 e. The number of phenolic OH excluding ortho intramolecular Hbond substituents is 1. The van der Waals surface area contributed by atoms with E-state index < -0.39 is 0 Å². The molecule has 10 nitrogen and oxygen atoms in total. The summed E-state index contributed by atoms with van der Waals surface area (Å²) >= 11 is 0. The number of anilines is 1. The summed E-state index contributed by atoms with van der Waals surface area (Å²) in [4.78, 5) is 22.0. The molecule has 1 aliphatic heterocycles. The Balaban J connectivity index is 1.33. The summed E-state index contributed by atoms with van der Waals surface area (Å²) in [6, 6.07) is 17.0. The molecule has 1 aliphatic rings. The lowest BCUT2D eigenvalue weighted by molar-refractivity contribution is 0.268. The zero-order valence-corrected chi connectivity index (χ0v) is 21.9. The molecular weight excluding hydrogens is 504 g/mol. The minimum absolute atomic E-state index is 0.152.